The molecule has 66 valence electrons. The molecule has 1 aliphatic rings. The van der Waals surface area contributed by atoms with Crippen LogP contribution in [0.4, 0.5) is 0 Å². The van der Waals surface area contributed by atoms with Gasteiger partial charge in [-0.25, -0.2) is 0 Å². The standard InChI is InChI=1S/C12H12S/c1-9(2)10-3-4-11(7-10)12-5-6-13-8-12/h3-8H,1-2H3. The average molecular weight is 188 g/mol. The third-order valence-electron chi connectivity index (χ3n) is 2.19. The number of rotatable bonds is 1. The summed E-state index contributed by atoms with van der Waals surface area (Å²) in [6.45, 7) is 4.29. The van der Waals surface area contributed by atoms with Gasteiger partial charge in [0.15, 0.2) is 0 Å². The number of hydrogen-bond acceptors (Lipinski definition) is 1. The first-order chi connectivity index (χ1) is 6.27. The fourth-order valence-corrected chi connectivity index (χ4v) is 2.03. The number of thiophene rings is 1. The van der Waals surface area contributed by atoms with Crippen molar-refractivity contribution in [3.8, 4) is 0 Å². The van der Waals surface area contributed by atoms with Crippen LogP contribution in [0.3, 0.4) is 0 Å². The van der Waals surface area contributed by atoms with Gasteiger partial charge in [-0.05, 0) is 53.5 Å². The van der Waals surface area contributed by atoms with Crippen molar-refractivity contribution < 1.29 is 0 Å². The largest absolute Gasteiger partial charge is 0.152 e. The van der Waals surface area contributed by atoms with Crippen LogP contribution in [0.15, 0.2) is 46.2 Å². The predicted molar refractivity (Wildman–Crippen MR) is 59.8 cm³/mol. The molecule has 0 saturated heterocycles. The fraction of sp³-hybridized carbons (Fsp3) is 0.167. The lowest BCUT2D eigenvalue weighted by molar-refractivity contribution is 1.35. The second kappa shape index (κ2) is 3.35. The Morgan fingerprint density at radius 2 is 2.08 bits per heavy atom. The molecular weight excluding hydrogens is 176 g/mol. The Morgan fingerprint density at radius 3 is 2.62 bits per heavy atom. The van der Waals surface area contributed by atoms with Gasteiger partial charge in [0.1, 0.15) is 0 Å². The van der Waals surface area contributed by atoms with E-state index < -0.39 is 0 Å². The molecule has 0 bridgehead atoms. The lowest BCUT2D eigenvalue weighted by atomic mass is 10.1. The van der Waals surface area contributed by atoms with E-state index in [2.05, 4.69) is 48.9 Å². The molecule has 0 N–H and O–H groups in total. The maximum Gasteiger partial charge on any atom is -0.00147 e. The van der Waals surface area contributed by atoms with E-state index in [0.717, 1.165) is 0 Å². The molecule has 0 spiro atoms. The van der Waals surface area contributed by atoms with Gasteiger partial charge in [0, 0.05) is 0 Å². The van der Waals surface area contributed by atoms with E-state index in [-0.39, 0.29) is 0 Å². The van der Waals surface area contributed by atoms with Gasteiger partial charge >= 0.3 is 0 Å². The van der Waals surface area contributed by atoms with Crippen molar-refractivity contribution in [1.82, 2.24) is 0 Å². The summed E-state index contributed by atoms with van der Waals surface area (Å²) in [7, 11) is 0. The minimum Gasteiger partial charge on any atom is -0.152 e. The molecule has 1 aromatic rings. The maximum absolute atomic E-state index is 2.25. The van der Waals surface area contributed by atoms with Crippen LogP contribution >= 0.6 is 11.3 Å². The highest BCUT2D eigenvalue weighted by molar-refractivity contribution is 7.08. The molecular formula is C12H12S. The molecule has 0 atom stereocenters. The molecule has 0 unspecified atom stereocenters. The molecule has 0 aromatic carbocycles. The van der Waals surface area contributed by atoms with Crippen molar-refractivity contribution in [2.75, 3.05) is 0 Å². The maximum atomic E-state index is 2.25. The van der Waals surface area contributed by atoms with E-state index in [1.807, 2.05) is 0 Å². The third kappa shape index (κ3) is 1.65. The molecule has 1 heteroatoms. The first-order valence-corrected chi connectivity index (χ1v) is 5.31. The molecule has 1 aromatic heterocycles. The highest BCUT2D eigenvalue weighted by atomic mass is 32.1. The van der Waals surface area contributed by atoms with Gasteiger partial charge in [-0.15, -0.1) is 0 Å². The number of allylic oxidation sites excluding steroid dienone is 6. The van der Waals surface area contributed by atoms with Crippen LogP contribution in [0.5, 0.6) is 0 Å². The first kappa shape index (κ1) is 8.52. The minimum atomic E-state index is 1.33. The zero-order valence-corrected chi connectivity index (χ0v) is 8.69. The molecule has 0 fully saturated rings. The van der Waals surface area contributed by atoms with Crippen molar-refractivity contribution in [1.29, 1.82) is 0 Å². The highest BCUT2D eigenvalue weighted by Gasteiger charge is 2.05. The predicted octanol–water partition coefficient (Wildman–Crippen LogP) is 4.04. The quantitative estimate of drug-likeness (QED) is 0.624. The molecule has 1 heterocycles. The Bertz CT molecular complexity index is 385. The lowest BCUT2D eigenvalue weighted by Gasteiger charge is -1.93. The Kier molecular flexibility index (Phi) is 2.19. The van der Waals surface area contributed by atoms with Crippen molar-refractivity contribution in [3.63, 3.8) is 0 Å². The Hall–Kier alpha value is -1.08. The fourth-order valence-electron chi connectivity index (χ4n) is 1.36. The van der Waals surface area contributed by atoms with Crippen molar-refractivity contribution in [2.45, 2.75) is 13.8 Å². The second-order valence-electron chi connectivity index (χ2n) is 3.40. The van der Waals surface area contributed by atoms with Gasteiger partial charge < -0.3 is 0 Å². The van der Waals surface area contributed by atoms with E-state index in [1.54, 1.807) is 11.3 Å². The van der Waals surface area contributed by atoms with Gasteiger partial charge in [0.2, 0.25) is 0 Å². The summed E-state index contributed by atoms with van der Waals surface area (Å²) in [5.74, 6) is 0. The van der Waals surface area contributed by atoms with Crippen LogP contribution in [0.1, 0.15) is 19.4 Å². The van der Waals surface area contributed by atoms with Crippen molar-refractivity contribution in [3.05, 3.63) is 51.8 Å². The van der Waals surface area contributed by atoms with E-state index in [4.69, 9.17) is 0 Å². The Labute approximate surface area is 82.9 Å². The van der Waals surface area contributed by atoms with E-state index in [0.29, 0.717) is 0 Å². The monoisotopic (exact) mass is 188 g/mol. The lowest BCUT2D eigenvalue weighted by Crippen LogP contribution is -1.73. The summed E-state index contributed by atoms with van der Waals surface area (Å²) in [6.07, 6.45) is 6.62. The molecule has 0 radical (unpaired) electrons. The molecule has 1 aliphatic carbocycles. The van der Waals surface area contributed by atoms with Crippen molar-refractivity contribution in [2.24, 2.45) is 0 Å². The SMILES string of the molecule is CC(C)=C1C=CC(c2ccsc2)=C1. The van der Waals surface area contributed by atoms with Gasteiger partial charge in [0.25, 0.3) is 0 Å². The summed E-state index contributed by atoms with van der Waals surface area (Å²) >= 11 is 1.75. The molecule has 2 rings (SSSR count). The first-order valence-electron chi connectivity index (χ1n) is 4.37. The summed E-state index contributed by atoms with van der Waals surface area (Å²) in [6, 6.07) is 2.16. The van der Waals surface area contributed by atoms with E-state index in [1.165, 1.54) is 22.3 Å². The summed E-state index contributed by atoms with van der Waals surface area (Å²) < 4.78 is 0. The van der Waals surface area contributed by atoms with Crippen LogP contribution in [0.2, 0.25) is 0 Å². The number of hydrogen-bond donors (Lipinski definition) is 0. The van der Waals surface area contributed by atoms with Gasteiger partial charge in [-0.3, -0.25) is 0 Å². The summed E-state index contributed by atoms with van der Waals surface area (Å²) in [4.78, 5) is 0. The normalized spacial score (nSPS) is 14.9. The zero-order valence-electron chi connectivity index (χ0n) is 7.87. The topological polar surface area (TPSA) is 0 Å². The minimum absolute atomic E-state index is 1.33. The van der Waals surface area contributed by atoms with Crippen molar-refractivity contribution >= 4 is 16.9 Å². The smallest absolute Gasteiger partial charge is 0.00147 e. The third-order valence-corrected chi connectivity index (χ3v) is 2.87. The van der Waals surface area contributed by atoms with Crippen LogP contribution in [-0.2, 0) is 0 Å². The van der Waals surface area contributed by atoms with Crippen LogP contribution in [0.25, 0.3) is 5.57 Å². The Morgan fingerprint density at radius 1 is 1.23 bits per heavy atom. The van der Waals surface area contributed by atoms with Gasteiger partial charge in [-0.1, -0.05) is 17.7 Å². The average Bonchev–Trinajstić information content (AvgIpc) is 2.75. The van der Waals surface area contributed by atoms with Crippen LogP contribution in [-0.4, -0.2) is 0 Å². The molecule has 0 nitrogen and oxygen atoms in total. The van der Waals surface area contributed by atoms with Gasteiger partial charge in [-0.2, -0.15) is 11.3 Å². The summed E-state index contributed by atoms with van der Waals surface area (Å²) in [5.41, 5.74) is 5.39. The highest BCUT2D eigenvalue weighted by Crippen LogP contribution is 2.27. The van der Waals surface area contributed by atoms with Gasteiger partial charge in [0.05, 0.1) is 0 Å². The second-order valence-corrected chi connectivity index (χ2v) is 4.18. The zero-order chi connectivity index (χ0) is 9.26. The van der Waals surface area contributed by atoms with Crippen LogP contribution < -0.4 is 0 Å². The molecule has 0 amide bonds. The molecule has 0 aliphatic heterocycles. The molecule has 0 saturated carbocycles. The van der Waals surface area contributed by atoms with Crippen LogP contribution in [0, 0.1) is 0 Å². The van der Waals surface area contributed by atoms with E-state index in [9.17, 15) is 0 Å². The Balaban J connectivity index is 2.37. The van der Waals surface area contributed by atoms with E-state index >= 15 is 0 Å². The molecule has 13 heavy (non-hydrogen) atoms. The summed E-state index contributed by atoms with van der Waals surface area (Å²) in [5, 5.41) is 4.30.